The topological polar surface area (TPSA) is 54.9 Å². The number of carbonyl (C=O) groups is 1. The van der Waals surface area contributed by atoms with Gasteiger partial charge in [-0.2, -0.15) is 13.2 Å². The van der Waals surface area contributed by atoms with Gasteiger partial charge in [0.2, 0.25) is 5.91 Å². The van der Waals surface area contributed by atoms with Crippen molar-refractivity contribution in [1.29, 1.82) is 0 Å². The van der Waals surface area contributed by atoms with Gasteiger partial charge >= 0.3 is 6.18 Å². The van der Waals surface area contributed by atoms with Gasteiger partial charge in [0.25, 0.3) is 0 Å². The van der Waals surface area contributed by atoms with Crippen LogP contribution in [0.5, 0.6) is 0 Å². The molecule has 3 aromatic rings. The number of nitrogens with zero attached hydrogens (tertiary/aromatic N) is 2. The number of amides is 1. The predicted octanol–water partition coefficient (Wildman–Crippen LogP) is 4.90. The number of alkyl halides is 3. The summed E-state index contributed by atoms with van der Waals surface area (Å²) in [6.07, 6.45) is -1.05. The van der Waals surface area contributed by atoms with E-state index >= 15 is 0 Å². The van der Waals surface area contributed by atoms with Crippen LogP contribution in [0.25, 0.3) is 11.4 Å². The van der Waals surface area contributed by atoms with E-state index < -0.39 is 23.6 Å². The molecule has 0 bridgehead atoms. The highest BCUT2D eigenvalue weighted by molar-refractivity contribution is 5.95. The molecule has 2 atom stereocenters. The molecule has 0 saturated heterocycles. The van der Waals surface area contributed by atoms with Gasteiger partial charge in [-0.05, 0) is 24.0 Å². The summed E-state index contributed by atoms with van der Waals surface area (Å²) in [5.74, 6) is -0.709. The first-order valence-corrected chi connectivity index (χ1v) is 8.78. The molecule has 1 aromatic heterocycles. The molecule has 1 saturated carbocycles. The molecular formula is C21H16F3N3O. The molecule has 1 N–H and O–H groups in total. The second-order valence-corrected chi connectivity index (χ2v) is 6.68. The predicted molar refractivity (Wildman–Crippen MR) is 98.4 cm³/mol. The molecule has 2 aromatic carbocycles. The summed E-state index contributed by atoms with van der Waals surface area (Å²) >= 11 is 0. The van der Waals surface area contributed by atoms with Gasteiger partial charge in [-0.3, -0.25) is 4.79 Å². The summed E-state index contributed by atoms with van der Waals surface area (Å²) in [7, 11) is 0. The van der Waals surface area contributed by atoms with Gasteiger partial charge < -0.3 is 5.32 Å². The Bertz CT molecular complexity index is 988. The third-order valence-electron chi connectivity index (χ3n) is 4.74. The Morgan fingerprint density at radius 2 is 1.61 bits per heavy atom. The Hall–Kier alpha value is -3.22. The van der Waals surface area contributed by atoms with E-state index in [4.69, 9.17) is 0 Å². The molecule has 0 aliphatic heterocycles. The van der Waals surface area contributed by atoms with E-state index in [2.05, 4.69) is 15.3 Å². The van der Waals surface area contributed by atoms with E-state index in [0.29, 0.717) is 17.9 Å². The molecule has 1 aliphatic carbocycles. The van der Waals surface area contributed by atoms with Gasteiger partial charge in [0.1, 0.15) is 0 Å². The molecule has 1 heterocycles. The summed E-state index contributed by atoms with van der Waals surface area (Å²) < 4.78 is 39.5. The van der Waals surface area contributed by atoms with Crippen LogP contribution in [0.1, 0.15) is 23.5 Å². The summed E-state index contributed by atoms with van der Waals surface area (Å²) in [5, 5.41) is 2.70. The minimum absolute atomic E-state index is 0.172. The molecule has 4 nitrogen and oxygen atoms in total. The molecule has 1 aliphatic rings. The van der Waals surface area contributed by atoms with E-state index in [9.17, 15) is 18.0 Å². The monoisotopic (exact) mass is 383 g/mol. The lowest BCUT2D eigenvalue weighted by Crippen LogP contribution is -2.16. The van der Waals surface area contributed by atoms with E-state index in [1.807, 2.05) is 30.3 Å². The first kappa shape index (κ1) is 18.2. The molecule has 4 rings (SSSR count). The van der Waals surface area contributed by atoms with Gasteiger partial charge in [-0.25, -0.2) is 9.97 Å². The summed E-state index contributed by atoms with van der Waals surface area (Å²) in [6.45, 7) is 0. The average Bonchev–Trinajstić information content (AvgIpc) is 3.50. The van der Waals surface area contributed by atoms with Crippen LogP contribution < -0.4 is 5.32 Å². The van der Waals surface area contributed by atoms with Crippen molar-refractivity contribution in [3.63, 3.8) is 0 Å². The lowest BCUT2D eigenvalue weighted by molar-refractivity contribution is -0.138. The molecule has 142 valence electrons. The van der Waals surface area contributed by atoms with E-state index in [1.54, 1.807) is 6.07 Å². The molecule has 1 amide bonds. The highest BCUT2D eigenvalue weighted by atomic mass is 19.4. The molecule has 0 spiro atoms. The van der Waals surface area contributed by atoms with Crippen LogP contribution in [-0.4, -0.2) is 15.9 Å². The van der Waals surface area contributed by atoms with Crippen LogP contribution in [0.4, 0.5) is 18.9 Å². The van der Waals surface area contributed by atoms with Gasteiger partial charge in [-0.1, -0.05) is 48.5 Å². The van der Waals surface area contributed by atoms with E-state index in [1.165, 1.54) is 24.5 Å². The molecule has 1 fully saturated rings. The van der Waals surface area contributed by atoms with Crippen molar-refractivity contribution >= 4 is 11.6 Å². The van der Waals surface area contributed by atoms with Crippen molar-refractivity contribution in [2.45, 2.75) is 18.5 Å². The quantitative estimate of drug-likeness (QED) is 0.697. The zero-order valence-electron chi connectivity index (χ0n) is 14.6. The standard InChI is InChI=1S/C21H16F3N3O/c22-21(23,24)18-9-5-4-8-15(18)16-10-17(16)20(28)27-14-11-25-19(26-12-14)13-6-2-1-3-7-13/h1-9,11-12,16-17H,10H2,(H,27,28). The smallest absolute Gasteiger partial charge is 0.323 e. The van der Waals surface area contributed by atoms with Crippen LogP contribution in [0.3, 0.4) is 0 Å². The fourth-order valence-electron chi connectivity index (χ4n) is 3.27. The first-order valence-electron chi connectivity index (χ1n) is 8.78. The van der Waals surface area contributed by atoms with Crippen molar-refractivity contribution in [1.82, 2.24) is 9.97 Å². The largest absolute Gasteiger partial charge is 0.416 e. The molecule has 28 heavy (non-hydrogen) atoms. The number of rotatable bonds is 4. The molecule has 7 heteroatoms. The van der Waals surface area contributed by atoms with Gasteiger partial charge in [0, 0.05) is 11.5 Å². The third-order valence-corrected chi connectivity index (χ3v) is 4.74. The SMILES string of the molecule is O=C(Nc1cnc(-c2ccccc2)nc1)C1CC1c1ccccc1C(F)(F)F. The highest BCUT2D eigenvalue weighted by Crippen LogP contribution is 2.51. The maximum Gasteiger partial charge on any atom is 0.416 e. The van der Waals surface area contributed by atoms with Gasteiger partial charge in [-0.15, -0.1) is 0 Å². The van der Waals surface area contributed by atoms with Crippen LogP contribution >= 0.6 is 0 Å². The van der Waals surface area contributed by atoms with E-state index in [-0.39, 0.29) is 11.5 Å². The Morgan fingerprint density at radius 3 is 2.29 bits per heavy atom. The van der Waals surface area contributed by atoms with Crippen LogP contribution in [0.15, 0.2) is 67.0 Å². The Kier molecular flexibility index (Phi) is 4.58. The van der Waals surface area contributed by atoms with Gasteiger partial charge in [0.15, 0.2) is 5.82 Å². The van der Waals surface area contributed by atoms with Crippen molar-refractivity contribution in [3.8, 4) is 11.4 Å². The maximum absolute atomic E-state index is 13.2. The lowest BCUT2D eigenvalue weighted by atomic mass is 10.0. The highest BCUT2D eigenvalue weighted by Gasteiger charge is 2.47. The molecular weight excluding hydrogens is 367 g/mol. The number of aromatic nitrogens is 2. The molecule has 0 radical (unpaired) electrons. The average molecular weight is 383 g/mol. The number of carbonyl (C=O) groups excluding carboxylic acids is 1. The van der Waals surface area contributed by atoms with E-state index in [0.717, 1.165) is 11.6 Å². The second kappa shape index (κ2) is 7.07. The minimum Gasteiger partial charge on any atom is -0.323 e. The Morgan fingerprint density at radius 1 is 0.964 bits per heavy atom. The van der Waals surface area contributed by atoms with Crippen molar-refractivity contribution in [2.75, 3.05) is 5.32 Å². The fraction of sp³-hybridized carbons (Fsp3) is 0.190. The van der Waals surface area contributed by atoms with Crippen molar-refractivity contribution in [2.24, 2.45) is 5.92 Å². The summed E-state index contributed by atoms with van der Waals surface area (Å²) in [6, 6.07) is 14.8. The summed E-state index contributed by atoms with van der Waals surface area (Å²) in [4.78, 5) is 20.9. The van der Waals surface area contributed by atoms with Crippen molar-refractivity contribution < 1.29 is 18.0 Å². The maximum atomic E-state index is 13.2. The number of anilines is 1. The molecule has 2 unspecified atom stereocenters. The normalized spacial score (nSPS) is 18.5. The number of hydrogen-bond acceptors (Lipinski definition) is 3. The zero-order valence-corrected chi connectivity index (χ0v) is 14.6. The Labute approximate surface area is 159 Å². The lowest BCUT2D eigenvalue weighted by Gasteiger charge is -2.12. The Balaban J connectivity index is 1.44. The zero-order chi connectivity index (χ0) is 19.7. The number of benzene rings is 2. The van der Waals surface area contributed by atoms with Gasteiger partial charge in [0.05, 0.1) is 23.6 Å². The van der Waals surface area contributed by atoms with Crippen molar-refractivity contribution in [3.05, 3.63) is 78.1 Å². The summed E-state index contributed by atoms with van der Waals surface area (Å²) in [5.41, 5.74) is 0.766. The fourth-order valence-corrected chi connectivity index (χ4v) is 3.27. The van der Waals surface area contributed by atoms with Crippen LogP contribution in [0.2, 0.25) is 0 Å². The third kappa shape index (κ3) is 3.74. The minimum atomic E-state index is -4.43. The number of hydrogen-bond donors (Lipinski definition) is 1. The number of nitrogens with one attached hydrogen (secondary N) is 1. The number of halogens is 3. The van der Waals surface area contributed by atoms with Crippen LogP contribution in [0, 0.1) is 5.92 Å². The van der Waals surface area contributed by atoms with Crippen LogP contribution in [-0.2, 0) is 11.0 Å². The second-order valence-electron chi connectivity index (χ2n) is 6.68. The first-order chi connectivity index (χ1) is 13.4.